The predicted octanol–water partition coefficient (Wildman–Crippen LogP) is 6.30. The number of benzene rings is 3. The molecule has 4 aromatic rings. The van der Waals surface area contributed by atoms with Gasteiger partial charge in [-0.25, -0.2) is 4.39 Å². The topological polar surface area (TPSA) is 64.8 Å². The molecule has 0 amide bonds. The summed E-state index contributed by atoms with van der Waals surface area (Å²) < 4.78 is 30.7. The van der Waals surface area contributed by atoms with Crippen LogP contribution in [-0.4, -0.2) is 49.2 Å². The van der Waals surface area contributed by atoms with Crippen molar-refractivity contribution in [3.63, 3.8) is 0 Å². The highest BCUT2D eigenvalue weighted by Crippen LogP contribution is 2.33. The molecule has 5 rings (SSSR count). The van der Waals surface area contributed by atoms with Crippen molar-refractivity contribution in [3.8, 4) is 11.5 Å². The number of fused-ring (bicyclic) bond motifs is 1. The summed E-state index contributed by atoms with van der Waals surface area (Å²) in [7, 11) is 1.59. The average molecular weight is 517 g/mol. The number of carbonyl (C=O) groups excluding carboxylic acids is 1. The molecule has 1 aliphatic heterocycles. The van der Waals surface area contributed by atoms with Gasteiger partial charge in [0.2, 0.25) is 0 Å². The summed E-state index contributed by atoms with van der Waals surface area (Å²) in [5, 5.41) is 5.19. The molecule has 0 N–H and O–H groups in total. The zero-order valence-electron chi connectivity index (χ0n) is 21.9. The van der Waals surface area contributed by atoms with E-state index in [0.29, 0.717) is 35.2 Å². The summed E-state index contributed by atoms with van der Waals surface area (Å²) in [6, 6.07) is 20.4. The number of rotatable bonds is 10. The Kier molecular flexibility index (Phi) is 8.03. The average Bonchev–Trinajstić information content (AvgIpc) is 3.35. The maximum atomic E-state index is 13.6. The van der Waals surface area contributed by atoms with Gasteiger partial charge in [0.05, 0.1) is 19.4 Å². The lowest BCUT2D eigenvalue weighted by Gasteiger charge is -2.34. The number of nitrogens with zero attached hydrogens (tertiary/aromatic N) is 2. The van der Waals surface area contributed by atoms with Gasteiger partial charge in [0.15, 0.2) is 22.9 Å². The van der Waals surface area contributed by atoms with Gasteiger partial charge in [0.25, 0.3) is 0 Å². The Balaban J connectivity index is 1.24. The molecule has 3 aromatic carbocycles. The van der Waals surface area contributed by atoms with Crippen LogP contribution in [0.1, 0.15) is 47.3 Å². The first-order valence-corrected chi connectivity index (χ1v) is 13.1. The molecule has 0 aliphatic carbocycles. The van der Waals surface area contributed by atoms with Crippen LogP contribution >= 0.6 is 0 Å². The fourth-order valence-electron chi connectivity index (χ4n) is 5.32. The van der Waals surface area contributed by atoms with E-state index in [9.17, 15) is 9.18 Å². The Labute approximate surface area is 222 Å². The van der Waals surface area contributed by atoms with Crippen LogP contribution in [0.15, 0.2) is 71.3 Å². The molecule has 1 atom stereocenters. The monoisotopic (exact) mass is 516 g/mol. The molecule has 198 valence electrons. The molecule has 1 saturated heterocycles. The second-order valence-electron chi connectivity index (χ2n) is 10.1. The van der Waals surface area contributed by atoms with Crippen molar-refractivity contribution < 1.29 is 23.2 Å². The van der Waals surface area contributed by atoms with Crippen molar-refractivity contribution in [1.82, 2.24) is 10.1 Å². The number of piperidine rings is 1. The van der Waals surface area contributed by atoms with Crippen molar-refractivity contribution in [2.75, 3.05) is 33.4 Å². The van der Waals surface area contributed by atoms with Gasteiger partial charge in [-0.3, -0.25) is 4.79 Å². The van der Waals surface area contributed by atoms with Crippen LogP contribution in [0.25, 0.3) is 11.0 Å². The number of halogens is 1. The van der Waals surface area contributed by atoms with Gasteiger partial charge >= 0.3 is 0 Å². The van der Waals surface area contributed by atoms with E-state index in [1.54, 1.807) is 32.2 Å². The highest BCUT2D eigenvalue weighted by Gasteiger charge is 2.27. The second kappa shape index (κ2) is 11.8. The summed E-state index contributed by atoms with van der Waals surface area (Å²) in [4.78, 5) is 14.3. The first-order valence-electron chi connectivity index (χ1n) is 13.1. The SMILES string of the molecule is COc1cc(C(C)=O)ccc1OCC(Cc1ccccc1)CN1CCC(c2noc3cc(F)ccc23)CC1. The molecule has 1 aromatic heterocycles. The minimum atomic E-state index is -0.311. The van der Waals surface area contributed by atoms with E-state index in [2.05, 4.69) is 34.3 Å². The van der Waals surface area contributed by atoms with Gasteiger partial charge in [-0.05, 0) is 75.2 Å². The first kappa shape index (κ1) is 25.9. The first-order chi connectivity index (χ1) is 18.5. The third-order valence-electron chi connectivity index (χ3n) is 7.36. The summed E-state index contributed by atoms with van der Waals surface area (Å²) in [6.45, 7) is 4.87. The molecule has 38 heavy (non-hydrogen) atoms. The van der Waals surface area contributed by atoms with Crippen molar-refractivity contribution in [2.45, 2.75) is 32.1 Å². The number of likely N-dealkylation sites (tertiary alicyclic amines) is 1. The van der Waals surface area contributed by atoms with E-state index < -0.39 is 0 Å². The van der Waals surface area contributed by atoms with Crippen LogP contribution in [0.4, 0.5) is 4.39 Å². The van der Waals surface area contributed by atoms with Crippen LogP contribution in [-0.2, 0) is 6.42 Å². The van der Waals surface area contributed by atoms with E-state index in [-0.39, 0.29) is 17.5 Å². The lowest BCUT2D eigenvalue weighted by atomic mass is 9.90. The maximum absolute atomic E-state index is 13.6. The molecule has 1 unspecified atom stereocenters. The zero-order valence-corrected chi connectivity index (χ0v) is 21.9. The van der Waals surface area contributed by atoms with Crippen LogP contribution in [0, 0.1) is 11.7 Å². The molecule has 1 fully saturated rings. The van der Waals surface area contributed by atoms with Gasteiger partial charge in [-0.2, -0.15) is 0 Å². The van der Waals surface area contributed by atoms with E-state index in [4.69, 9.17) is 14.0 Å². The van der Waals surface area contributed by atoms with Gasteiger partial charge in [0.1, 0.15) is 5.82 Å². The Hall–Kier alpha value is -3.71. The summed E-state index contributed by atoms with van der Waals surface area (Å²) >= 11 is 0. The van der Waals surface area contributed by atoms with Crippen molar-refractivity contribution in [1.29, 1.82) is 0 Å². The highest BCUT2D eigenvalue weighted by atomic mass is 19.1. The molecule has 2 heterocycles. The number of aromatic nitrogens is 1. The molecular formula is C31H33FN2O4. The Bertz CT molecular complexity index is 1380. The Morgan fingerprint density at radius 1 is 1.08 bits per heavy atom. The summed E-state index contributed by atoms with van der Waals surface area (Å²) in [5.74, 6) is 1.45. The molecule has 0 saturated carbocycles. The molecular weight excluding hydrogens is 483 g/mol. The zero-order chi connectivity index (χ0) is 26.5. The largest absolute Gasteiger partial charge is 0.493 e. The lowest BCUT2D eigenvalue weighted by Crippen LogP contribution is -2.38. The molecule has 7 heteroatoms. The van der Waals surface area contributed by atoms with Crippen molar-refractivity contribution >= 4 is 16.8 Å². The number of carbonyl (C=O) groups is 1. The standard InChI is InChI=1S/C31H33FN2O4/c1-21(35)25-8-11-28(30(17-25)36-2)37-20-23(16-22-6-4-3-5-7-22)19-34-14-12-24(13-15-34)31-27-10-9-26(32)18-29(27)38-33-31/h3-11,17-18,23-24H,12-16,19-20H2,1-2H3. The summed E-state index contributed by atoms with van der Waals surface area (Å²) in [5.41, 5.74) is 3.32. The van der Waals surface area contributed by atoms with Gasteiger partial charge in [-0.15, -0.1) is 0 Å². The van der Waals surface area contributed by atoms with E-state index in [1.807, 2.05) is 12.1 Å². The van der Waals surface area contributed by atoms with E-state index >= 15 is 0 Å². The van der Waals surface area contributed by atoms with Gasteiger partial charge < -0.3 is 18.9 Å². The fraction of sp³-hybridized carbons (Fsp3) is 0.355. The Morgan fingerprint density at radius 2 is 1.87 bits per heavy atom. The Morgan fingerprint density at radius 3 is 2.61 bits per heavy atom. The van der Waals surface area contributed by atoms with E-state index in [1.165, 1.54) is 17.7 Å². The number of methoxy groups -OCH3 is 1. The quantitative estimate of drug-likeness (QED) is 0.231. The molecule has 6 nitrogen and oxygen atoms in total. The third-order valence-corrected chi connectivity index (χ3v) is 7.36. The highest BCUT2D eigenvalue weighted by molar-refractivity contribution is 5.94. The van der Waals surface area contributed by atoms with Crippen molar-refractivity contribution in [3.05, 3.63) is 89.4 Å². The lowest BCUT2D eigenvalue weighted by molar-refractivity contribution is 0.101. The van der Waals surface area contributed by atoms with E-state index in [0.717, 1.165) is 50.0 Å². The van der Waals surface area contributed by atoms with Crippen LogP contribution < -0.4 is 9.47 Å². The normalized spacial score (nSPS) is 15.4. The minimum absolute atomic E-state index is 0.00834. The van der Waals surface area contributed by atoms with Crippen LogP contribution in [0.5, 0.6) is 11.5 Å². The number of ether oxygens (including phenoxy) is 2. The predicted molar refractivity (Wildman–Crippen MR) is 145 cm³/mol. The third kappa shape index (κ3) is 6.05. The molecule has 1 aliphatic rings. The molecule has 0 radical (unpaired) electrons. The van der Waals surface area contributed by atoms with Gasteiger partial charge in [0, 0.05) is 35.4 Å². The number of Topliss-reactive ketones (excluding diaryl/α,β-unsaturated/α-hetero) is 1. The maximum Gasteiger partial charge on any atom is 0.170 e. The second-order valence-corrected chi connectivity index (χ2v) is 10.1. The molecule has 0 spiro atoms. The number of hydrogen-bond acceptors (Lipinski definition) is 6. The van der Waals surface area contributed by atoms with Gasteiger partial charge in [-0.1, -0.05) is 35.5 Å². The minimum Gasteiger partial charge on any atom is -0.493 e. The van der Waals surface area contributed by atoms with Crippen molar-refractivity contribution in [2.24, 2.45) is 5.92 Å². The summed E-state index contributed by atoms with van der Waals surface area (Å²) in [6.07, 6.45) is 2.84. The molecule has 0 bridgehead atoms. The van der Waals surface area contributed by atoms with Crippen LogP contribution in [0.3, 0.4) is 0 Å². The number of ketones is 1. The fourth-order valence-corrected chi connectivity index (χ4v) is 5.32. The number of hydrogen-bond donors (Lipinski definition) is 0. The van der Waals surface area contributed by atoms with Crippen LogP contribution in [0.2, 0.25) is 0 Å². The smallest absolute Gasteiger partial charge is 0.170 e.